The van der Waals surface area contributed by atoms with Crippen molar-refractivity contribution < 1.29 is 18.7 Å². The van der Waals surface area contributed by atoms with Crippen molar-refractivity contribution in [2.75, 3.05) is 7.11 Å². The number of amides is 1. The van der Waals surface area contributed by atoms with Crippen LogP contribution >= 0.6 is 0 Å². The minimum atomic E-state index is -0.569. The van der Waals surface area contributed by atoms with Crippen molar-refractivity contribution in [3.63, 3.8) is 0 Å². The lowest BCUT2D eigenvalue weighted by molar-refractivity contribution is -0.141. The number of carbonyl (C=O) groups excluding carboxylic acids is 2. The molecule has 0 bridgehead atoms. The number of ether oxygens (including phenoxy) is 1. The fourth-order valence-electron chi connectivity index (χ4n) is 1.33. The average Bonchev–Trinajstić information content (AvgIpc) is 2.28. The quantitative estimate of drug-likeness (QED) is 0.604. The van der Waals surface area contributed by atoms with Gasteiger partial charge in [-0.3, -0.25) is 9.59 Å². The molecule has 0 fully saturated rings. The SMILES string of the molecule is COC(=O)CC(NC=O)c1cccc(F)c1. The molecule has 1 N–H and O–H groups in total. The lowest BCUT2D eigenvalue weighted by Gasteiger charge is -2.15. The summed E-state index contributed by atoms with van der Waals surface area (Å²) in [6, 6.07) is 5.14. The molecule has 0 saturated carbocycles. The van der Waals surface area contributed by atoms with Gasteiger partial charge in [-0.15, -0.1) is 0 Å². The molecule has 1 atom stereocenters. The summed E-state index contributed by atoms with van der Waals surface area (Å²) in [7, 11) is 1.26. The molecule has 0 aromatic heterocycles. The van der Waals surface area contributed by atoms with Crippen LogP contribution in [0.25, 0.3) is 0 Å². The predicted molar refractivity (Wildman–Crippen MR) is 55.0 cm³/mol. The van der Waals surface area contributed by atoms with E-state index in [9.17, 15) is 14.0 Å². The van der Waals surface area contributed by atoms with Crippen LogP contribution < -0.4 is 5.32 Å². The Bertz CT molecular complexity index is 381. The summed E-state index contributed by atoms with van der Waals surface area (Å²) < 4.78 is 17.4. The van der Waals surface area contributed by atoms with Gasteiger partial charge in [0, 0.05) is 0 Å². The number of carbonyl (C=O) groups is 2. The van der Waals surface area contributed by atoms with Crippen molar-refractivity contribution >= 4 is 12.4 Å². The Hall–Kier alpha value is -1.91. The first-order chi connectivity index (χ1) is 7.67. The van der Waals surface area contributed by atoms with E-state index < -0.39 is 17.8 Å². The molecule has 0 heterocycles. The number of hydrogen-bond donors (Lipinski definition) is 1. The second kappa shape index (κ2) is 5.85. The van der Waals surface area contributed by atoms with Gasteiger partial charge in [-0.05, 0) is 17.7 Å². The zero-order valence-electron chi connectivity index (χ0n) is 8.77. The summed E-state index contributed by atoms with van der Waals surface area (Å²) in [4.78, 5) is 21.5. The van der Waals surface area contributed by atoms with Crippen molar-refractivity contribution in [3.05, 3.63) is 35.6 Å². The minimum absolute atomic E-state index is 0.0291. The first-order valence-corrected chi connectivity index (χ1v) is 4.69. The van der Waals surface area contributed by atoms with Gasteiger partial charge in [0.25, 0.3) is 0 Å². The number of methoxy groups -OCH3 is 1. The summed E-state index contributed by atoms with van der Waals surface area (Å²) in [6.45, 7) is 0. The third-order valence-corrected chi connectivity index (χ3v) is 2.12. The molecule has 5 heteroatoms. The largest absolute Gasteiger partial charge is 0.469 e. The van der Waals surface area contributed by atoms with E-state index in [4.69, 9.17) is 0 Å². The van der Waals surface area contributed by atoms with E-state index >= 15 is 0 Å². The molecule has 0 aliphatic carbocycles. The number of rotatable bonds is 5. The molecule has 1 unspecified atom stereocenters. The Morgan fingerprint density at radius 1 is 1.62 bits per heavy atom. The predicted octanol–water partition coefficient (Wildman–Crippen LogP) is 1.18. The fourth-order valence-corrected chi connectivity index (χ4v) is 1.33. The molecule has 0 aliphatic rings. The van der Waals surface area contributed by atoms with Gasteiger partial charge >= 0.3 is 5.97 Å². The normalized spacial score (nSPS) is 11.6. The van der Waals surface area contributed by atoms with Gasteiger partial charge in [0.2, 0.25) is 6.41 Å². The van der Waals surface area contributed by atoms with Crippen LogP contribution in [0.15, 0.2) is 24.3 Å². The van der Waals surface area contributed by atoms with Crippen molar-refractivity contribution in [1.29, 1.82) is 0 Å². The highest BCUT2D eigenvalue weighted by atomic mass is 19.1. The smallest absolute Gasteiger partial charge is 0.307 e. The van der Waals surface area contributed by atoms with Gasteiger partial charge in [0.05, 0.1) is 19.6 Å². The Morgan fingerprint density at radius 2 is 2.38 bits per heavy atom. The van der Waals surface area contributed by atoms with Crippen molar-refractivity contribution in [1.82, 2.24) is 5.32 Å². The summed E-state index contributed by atoms with van der Waals surface area (Å²) in [6.07, 6.45) is 0.442. The van der Waals surface area contributed by atoms with Crippen molar-refractivity contribution in [2.24, 2.45) is 0 Å². The van der Waals surface area contributed by atoms with E-state index in [1.54, 1.807) is 6.07 Å². The number of benzene rings is 1. The van der Waals surface area contributed by atoms with Gasteiger partial charge < -0.3 is 10.1 Å². The van der Waals surface area contributed by atoms with E-state index in [1.807, 2.05) is 0 Å². The summed E-state index contributed by atoms with van der Waals surface area (Å²) in [5.74, 6) is -0.885. The summed E-state index contributed by atoms with van der Waals surface area (Å²) in [5, 5.41) is 2.44. The first-order valence-electron chi connectivity index (χ1n) is 4.69. The second-order valence-electron chi connectivity index (χ2n) is 3.17. The lowest BCUT2D eigenvalue weighted by Crippen LogP contribution is -2.23. The molecule has 0 aliphatic heterocycles. The summed E-state index contributed by atoms with van der Waals surface area (Å²) in [5.41, 5.74) is 0.525. The first kappa shape index (κ1) is 12.2. The van der Waals surface area contributed by atoms with Crippen molar-refractivity contribution in [2.45, 2.75) is 12.5 Å². The van der Waals surface area contributed by atoms with Gasteiger partial charge in [0.15, 0.2) is 0 Å². The number of hydrogen-bond acceptors (Lipinski definition) is 3. The monoisotopic (exact) mass is 225 g/mol. The van der Waals surface area contributed by atoms with Crippen LogP contribution in [0, 0.1) is 5.82 Å². The number of esters is 1. The van der Waals surface area contributed by atoms with Crippen LogP contribution in [0.4, 0.5) is 4.39 Å². The van der Waals surface area contributed by atoms with E-state index in [1.165, 1.54) is 25.3 Å². The molecule has 86 valence electrons. The lowest BCUT2D eigenvalue weighted by atomic mass is 10.0. The highest BCUT2D eigenvalue weighted by molar-refractivity contribution is 5.70. The third kappa shape index (κ3) is 3.34. The molecule has 1 aromatic carbocycles. The molecule has 0 radical (unpaired) electrons. The van der Waals surface area contributed by atoms with Gasteiger partial charge in [-0.2, -0.15) is 0 Å². The van der Waals surface area contributed by atoms with Gasteiger partial charge in [0.1, 0.15) is 5.82 Å². The Balaban J connectivity index is 2.84. The zero-order chi connectivity index (χ0) is 12.0. The van der Waals surface area contributed by atoms with Crippen LogP contribution in [0.3, 0.4) is 0 Å². The average molecular weight is 225 g/mol. The number of halogens is 1. The Kier molecular flexibility index (Phi) is 4.44. The maximum absolute atomic E-state index is 13.0. The zero-order valence-corrected chi connectivity index (χ0v) is 8.77. The van der Waals surface area contributed by atoms with Crippen LogP contribution in [0.1, 0.15) is 18.0 Å². The molecule has 0 saturated heterocycles. The molecular formula is C11H12FNO3. The molecule has 4 nitrogen and oxygen atoms in total. The fraction of sp³-hybridized carbons (Fsp3) is 0.273. The number of nitrogens with one attached hydrogen (secondary N) is 1. The maximum atomic E-state index is 13.0. The molecule has 1 amide bonds. The molecule has 1 rings (SSSR count). The Labute approximate surface area is 92.4 Å². The van der Waals surface area contributed by atoms with E-state index in [0.29, 0.717) is 12.0 Å². The third-order valence-electron chi connectivity index (χ3n) is 2.12. The van der Waals surface area contributed by atoms with E-state index in [2.05, 4.69) is 10.1 Å². The molecule has 16 heavy (non-hydrogen) atoms. The molecule has 0 spiro atoms. The minimum Gasteiger partial charge on any atom is -0.469 e. The molecule has 1 aromatic rings. The topological polar surface area (TPSA) is 55.4 Å². The van der Waals surface area contributed by atoms with E-state index in [0.717, 1.165) is 0 Å². The second-order valence-corrected chi connectivity index (χ2v) is 3.17. The van der Waals surface area contributed by atoms with Gasteiger partial charge in [-0.25, -0.2) is 4.39 Å². The van der Waals surface area contributed by atoms with Crippen LogP contribution in [0.5, 0.6) is 0 Å². The van der Waals surface area contributed by atoms with Gasteiger partial charge in [-0.1, -0.05) is 12.1 Å². The molecular weight excluding hydrogens is 213 g/mol. The summed E-state index contributed by atoms with van der Waals surface area (Å²) >= 11 is 0. The Morgan fingerprint density at radius 3 is 2.94 bits per heavy atom. The standard InChI is InChI=1S/C11H12FNO3/c1-16-11(15)6-10(13-7-14)8-3-2-4-9(12)5-8/h2-5,7,10H,6H2,1H3,(H,13,14). The van der Waals surface area contributed by atoms with Crippen LogP contribution in [0.2, 0.25) is 0 Å². The van der Waals surface area contributed by atoms with E-state index in [-0.39, 0.29) is 6.42 Å². The highest BCUT2D eigenvalue weighted by Gasteiger charge is 2.15. The van der Waals surface area contributed by atoms with Crippen LogP contribution in [-0.2, 0) is 14.3 Å². The maximum Gasteiger partial charge on any atom is 0.307 e. The van der Waals surface area contributed by atoms with Crippen molar-refractivity contribution in [3.8, 4) is 0 Å². The van der Waals surface area contributed by atoms with Crippen LogP contribution in [-0.4, -0.2) is 19.5 Å². The highest BCUT2D eigenvalue weighted by Crippen LogP contribution is 2.17.